The maximum absolute atomic E-state index is 11.9. The summed E-state index contributed by atoms with van der Waals surface area (Å²) in [6.45, 7) is 7.19. The molecule has 0 aromatic carbocycles. The van der Waals surface area contributed by atoms with Crippen LogP contribution in [0.1, 0.15) is 29.9 Å². The normalized spacial score (nSPS) is 19.2. The number of nitrogens with zero attached hydrogens (tertiary/aromatic N) is 8. The third kappa shape index (κ3) is 4.45. The average molecular weight is 481 g/mol. The SMILES string of the molecule is Cc1cc(N2CCc3nc(-c4ncccn4)ncc3C2C)cc(N2CCN(S(C)(=O)=O)CC2)n1. The van der Waals surface area contributed by atoms with Crippen LogP contribution in [-0.4, -0.2) is 76.6 Å². The van der Waals surface area contributed by atoms with Crippen LogP contribution in [0.3, 0.4) is 0 Å². The Morgan fingerprint density at radius 3 is 2.38 bits per heavy atom. The number of pyridine rings is 1. The topological polar surface area (TPSA) is 108 Å². The standard InChI is InChI=1S/C23H28N8O2S/c1-16-13-18(14-21(27-16)29-9-11-30(12-10-29)34(3,32)33)31-8-5-20-19(17(31)2)15-26-23(28-20)22-24-6-4-7-25-22/h4,6-7,13-15,17H,5,8-12H2,1-3H3. The Morgan fingerprint density at radius 1 is 0.941 bits per heavy atom. The number of fused-ring (bicyclic) bond motifs is 1. The highest BCUT2D eigenvalue weighted by Crippen LogP contribution is 2.34. The van der Waals surface area contributed by atoms with E-state index in [0.29, 0.717) is 37.8 Å². The van der Waals surface area contributed by atoms with Crippen LogP contribution < -0.4 is 9.80 Å². The molecule has 2 aliphatic heterocycles. The van der Waals surface area contributed by atoms with Gasteiger partial charge in [0.25, 0.3) is 0 Å². The number of sulfonamides is 1. The van der Waals surface area contributed by atoms with E-state index in [-0.39, 0.29) is 6.04 Å². The number of hydrogen-bond acceptors (Lipinski definition) is 9. The van der Waals surface area contributed by atoms with Crippen molar-refractivity contribution in [3.63, 3.8) is 0 Å². The van der Waals surface area contributed by atoms with Crippen molar-refractivity contribution in [2.24, 2.45) is 0 Å². The van der Waals surface area contributed by atoms with Gasteiger partial charge in [-0.05, 0) is 26.0 Å². The Labute approximate surface area is 199 Å². The van der Waals surface area contributed by atoms with Gasteiger partial charge < -0.3 is 9.80 Å². The van der Waals surface area contributed by atoms with E-state index in [1.807, 2.05) is 13.1 Å². The van der Waals surface area contributed by atoms with Crippen molar-refractivity contribution in [2.45, 2.75) is 26.3 Å². The number of aryl methyl sites for hydroxylation is 1. The van der Waals surface area contributed by atoms with Crippen molar-refractivity contribution in [3.05, 3.63) is 53.7 Å². The zero-order valence-corrected chi connectivity index (χ0v) is 20.4. The molecule has 1 saturated heterocycles. The minimum Gasteiger partial charge on any atom is -0.364 e. The van der Waals surface area contributed by atoms with Gasteiger partial charge in [0, 0.05) is 80.7 Å². The van der Waals surface area contributed by atoms with Crippen LogP contribution in [0.5, 0.6) is 0 Å². The van der Waals surface area contributed by atoms with Crippen molar-refractivity contribution >= 4 is 21.5 Å². The molecule has 0 radical (unpaired) electrons. The molecule has 11 heteroatoms. The quantitative estimate of drug-likeness (QED) is 0.553. The second-order valence-corrected chi connectivity index (χ2v) is 10.7. The highest BCUT2D eigenvalue weighted by Gasteiger charge is 2.28. The molecule has 0 N–H and O–H groups in total. The third-order valence-corrected chi connectivity index (χ3v) is 7.76. The largest absolute Gasteiger partial charge is 0.364 e. The first-order valence-electron chi connectivity index (χ1n) is 11.4. The summed E-state index contributed by atoms with van der Waals surface area (Å²) < 4.78 is 25.2. The van der Waals surface area contributed by atoms with Crippen molar-refractivity contribution in [1.29, 1.82) is 0 Å². The number of aromatic nitrogens is 5. The molecule has 34 heavy (non-hydrogen) atoms. The first-order chi connectivity index (χ1) is 16.3. The van der Waals surface area contributed by atoms with Gasteiger partial charge in [-0.15, -0.1) is 0 Å². The van der Waals surface area contributed by atoms with Gasteiger partial charge in [-0.3, -0.25) is 0 Å². The van der Waals surface area contributed by atoms with Crippen molar-refractivity contribution < 1.29 is 8.42 Å². The zero-order chi connectivity index (χ0) is 23.9. The van der Waals surface area contributed by atoms with Gasteiger partial charge in [0.15, 0.2) is 11.6 Å². The Bertz CT molecular complexity index is 1290. The Morgan fingerprint density at radius 2 is 1.68 bits per heavy atom. The summed E-state index contributed by atoms with van der Waals surface area (Å²) in [6, 6.07) is 6.09. The van der Waals surface area contributed by atoms with Crippen LogP contribution in [0, 0.1) is 6.92 Å². The molecule has 0 saturated carbocycles. The van der Waals surface area contributed by atoms with Gasteiger partial charge in [-0.1, -0.05) is 0 Å². The number of rotatable bonds is 4. The second-order valence-electron chi connectivity index (χ2n) is 8.76. The highest BCUT2D eigenvalue weighted by atomic mass is 32.2. The van der Waals surface area contributed by atoms with E-state index < -0.39 is 10.0 Å². The van der Waals surface area contributed by atoms with Crippen LogP contribution in [0.15, 0.2) is 36.8 Å². The first-order valence-corrected chi connectivity index (χ1v) is 13.2. The molecule has 0 bridgehead atoms. The molecule has 1 fully saturated rings. The maximum Gasteiger partial charge on any atom is 0.211 e. The molecule has 1 atom stereocenters. The van der Waals surface area contributed by atoms with Gasteiger partial charge in [0.05, 0.1) is 18.0 Å². The molecule has 0 amide bonds. The monoisotopic (exact) mass is 480 g/mol. The van der Waals surface area contributed by atoms with Gasteiger partial charge in [-0.25, -0.2) is 33.3 Å². The fourth-order valence-corrected chi connectivity index (χ4v) is 5.48. The lowest BCUT2D eigenvalue weighted by Gasteiger charge is -2.38. The molecule has 2 aliphatic rings. The van der Waals surface area contributed by atoms with Crippen molar-refractivity contribution in [3.8, 4) is 11.6 Å². The molecule has 178 valence electrons. The summed E-state index contributed by atoms with van der Waals surface area (Å²) in [7, 11) is -3.16. The van der Waals surface area contributed by atoms with E-state index in [2.05, 4.69) is 43.8 Å². The predicted molar refractivity (Wildman–Crippen MR) is 130 cm³/mol. The molecule has 5 heterocycles. The van der Waals surface area contributed by atoms with Crippen LogP contribution in [0.2, 0.25) is 0 Å². The number of piperazine rings is 1. The van der Waals surface area contributed by atoms with E-state index in [4.69, 9.17) is 9.97 Å². The van der Waals surface area contributed by atoms with Gasteiger partial charge in [-0.2, -0.15) is 4.31 Å². The van der Waals surface area contributed by atoms with Crippen LogP contribution >= 0.6 is 0 Å². The fourth-order valence-electron chi connectivity index (χ4n) is 4.65. The van der Waals surface area contributed by atoms with E-state index in [9.17, 15) is 8.42 Å². The molecule has 5 rings (SSSR count). The summed E-state index contributed by atoms with van der Waals surface area (Å²) in [6.07, 6.45) is 7.34. The Hall–Kier alpha value is -3.18. The molecule has 1 unspecified atom stereocenters. The van der Waals surface area contributed by atoms with Gasteiger partial charge >= 0.3 is 0 Å². The minimum atomic E-state index is -3.16. The summed E-state index contributed by atoms with van der Waals surface area (Å²) >= 11 is 0. The molecular formula is C23H28N8O2S. The molecule has 3 aromatic rings. The van der Waals surface area contributed by atoms with E-state index in [0.717, 1.165) is 41.4 Å². The molecule has 0 spiro atoms. The Balaban J connectivity index is 1.38. The summed E-state index contributed by atoms with van der Waals surface area (Å²) in [5, 5.41) is 0. The highest BCUT2D eigenvalue weighted by molar-refractivity contribution is 7.88. The zero-order valence-electron chi connectivity index (χ0n) is 19.6. The predicted octanol–water partition coefficient (Wildman–Crippen LogP) is 1.84. The van der Waals surface area contributed by atoms with Crippen LogP contribution in [0.25, 0.3) is 11.6 Å². The lowest BCUT2D eigenvalue weighted by atomic mass is 9.98. The lowest BCUT2D eigenvalue weighted by Crippen LogP contribution is -2.48. The van der Waals surface area contributed by atoms with Crippen molar-refractivity contribution in [1.82, 2.24) is 29.2 Å². The first kappa shape index (κ1) is 22.6. The number of anilines is 2. The molecule has 3 aromatic heterocycles. The minimum absolute atomic E-state index is 0.103. The molecule has 10 nitrogen and oxygen atoms in total. The van der Waals surface area contributed by atoms with Crippen LogP contribution in [-0.2, 0) is 16.4 Å². The van der Waals surface area contributed by atoms with E-state index >= 15 is 0 Å². The molecule has 0 aliphatic carbocycles. The Kier molecular flexibility index (Phi) is 5.90. The van der Waals surface area contributed by atoms with Gasteiger partial charge in [0.2, 0.25) is 10.0 Å². The smallest absolute Gasteiger partial charge is 0.211 e. The van der Waals surface area contributed by atoms with Crippen LogP contribution in [0.4, 0.5) is 11.5 Å². The number of hydrogen-bond donors (Lipinski definition) is 0. The maximum atomic E-state index is 11.9. The molecular weight excluding hydrogens is 452 g/mol. The third-order valence-electron chi connectivity index (χ3n) is 6.46. The van der Waals surface area contributed by atoms with Crippen molar-refractivity contribution in [2.75, 3.05) is 48.8 Å². The lowest BCUT2D eigenvalue weighted by molar-refractivity contribution is 0.387. The summed E-state index contributed by atoms with van der Waals surface area (Å²) in [5.74, 6) is 1.97. The fraction of sp³-hybridized carbons (Fsp3) is 0.435. The average Bonchev–Trinajstić information content (AvgIpc) is 2.84. The van der Waals surface area contributed by atoms with E-state index in [1.165, 1.54) is 10.6 Å². The summed E-state index contributed by atoms with van der Waals surface area (Å²) in [5.41, 5.74) is 4.17. The summed E-state index contributed by atoms with van der Waals surface area (Å²) in [4.78, 5) is 27.1. The second kappa shape index (κ2) is 8.88. The van der Waals surface area contributed by atoms with E-state index in [1.54, 1.807) is 18.5 Å². The van der Waals surface area contributed by atoms with Gasteiger partial charge in [0.1, 0.15) is 5.82 Å².